The fourth-order valence-corrected chi connectivity index (χ4v) is 3.99. The van der Waals surface area contributed by atoms with E-state index >= 15 is 0 Å². The summed E-state index contributed by atoms with van der Waals surface area (Å²) in [7, 11) is -4.08. The summed E-state index contributed by atoms with van der Waals surface area (Å²) in [5.41, 5.74) is 0.247. The molecule has 0 unspecified atom stereocenters. The smallest absolute Gasteiger partial charge is 0.207 e. The average Bonchev–Trinajstić information content (AvgIpc) is 2.98. The normalized spacial score (nSPS) is 11.8. The third-order valence-electron chi connectivity index (χ3n) is 3.00. The van der Waals surface area contributed by atoms with E-state index in [1.807, 2.05) is 6.07 Å². The number of hydrogen-bond acceptors (Lipinski definition) is 4. The molecule has 0 atom stereocenters. The fourth-order valence-electron chi connectivity index (χ4n) is 1.79. The van der Waals surface area contributed by atoms with E-state index in [0.29, 0.717) is 9.18 Å². The highest BCUT2D eigenvalue weighted by Crippen LogP contribution is 2.29. The van der Waals surface area contributed by atoms with E-state index in [0.717, 1.165) is 18.4 Å². The molecule has 2 aromatic rings. The Hall–Kier alpha value is -2.03. The van der Waals surface area contributed by atoms with Crippen LogP contribution in [-0.4, -0.2) is 19.8 Å². The van der Waals surface area contributed by atoms with Gasteiger partial charge < -0.3 is 0 Å². The summed E-state index contributed by atoms with van der Waals surface area (Å²) in [5.74, 6) is -12.0. The molecule has 0 aliphatic rings. The van der Waals surface area contributed by atoms with Gasteiger partial charge in [0, 0.05) is 23.8 Å². The number of nitriles is 1. The van der Waals surface area contributed by atoms with Crippen molar-refractivity contribution in [3.63, 3.8) is 0 Å². The number of halogens is 5. The van der Waals surface area contributed by atoms with Crippen LogP contribution in [0.1, 0.15) is 10.4 Å². The van der Waals surface area contributed by atoms with Crippen molar-refractivity contribution in [2.45, 2.75) is 11.4 Å². The minimum Gasteiger partial charge on any atom is -0.207 e. The largest absolute Gasteiger partial charge is 0.249 e. The van der Waals surface area contributed by atoms with Gasteiger partial charge >= 0.3 is 0 Å². The maximum atomic E-state index is 13.7. The van der Waals surface area contributed by atoms with Gasteiger partial charge in [-0.1, -0.05) is 0 Å². The third-order valence-corrected chi connectivity index (χ3v) is 5.74. The Bertz CT molecular complexity index is 921. The molecule has 0 spiro atoms. The molecular weight excluding hydrogens is 375 g/mol. The first-order chi connectivity index (χ1) is 11.1. The van der Waals surface area contributed by atoms with Crippen LogP contribution in [0.25, 0.3) is 0 Å². The van der Waals surface area contributed by atoms with E-state index in [4.69, 9.17) is 5.26 Å². The zero-order valence-electron chi connectivity index (χ0n) is 11.8. The molecule has 0 bridgehead atoms. The molecule has 0 aliphatic heterocycles. The number of benzene rings is 1. The molecule has 1 aromatic heterocycles. The molecule has 0 amide bonds. The summed E-state index contributed by atoms with van der Waals surface area (Å²) in [6, 6.07) is 3.15. The second kappa shape index (κ2) is 6.46. The minimum atomic E-state index is -5.00. The third kappa shape index (κ3) is 3.00. The van der Waals surface area contributed by atoms with Gasteiger partial charge in [-0.15, -0.1) is 11.3 Å². The SMILES string of the molecule is CN(Cc1cc(C#N)cs1)S(=O)(=O)c1c(F)c(F)c(F)c(F)c1F. The van der Waals surface area contributed by atoms with E-state index in [1.54, 1.807) is 0 Å². The summed E-state index contributed by atoms with van der Waals surface area (Å²) in [6.45, 7) is -0.409. The topological polar surface area (TPSA) is 61.2 Å². The highest BCUT2D eigenvalue weighted by atomic mass is 32.2. The van der Waals surface area contributed by atoms with Crippen LogP contribution in [-0.2, 0) is 16.6 Å². The van der Waals surface area contributed by atoms with Crippen molar-refractivity contribution < 1.29 is 30.4 Å². The monoisotopic (exact) mass is 382 g/mol. The van der Waals surface area contributed by atoms with Crippen molar-refractivity contribution in [3.8, 4) is 6.07 Å². The van der Waals surface area contributed by atoms with Crippen molar-refractivity contribution in [2.75, 3.05) is 7.05 Å². The number of sulfonamides is 1. The Morgan fingerprint density at radius 3 is 2.04 bits per heavy atom. The maximum absolute atomic E-state index is 13.7. The molecule has 0 saturated heterocycles. The predicted molar refractivity (Wildman–Crippen MR) is 73.9 cm³/mol. The van der Waals surface area contributed by atoms with E-state index in [-0.39, 0.29) is 5.56 Å². The second-order valence-electron chi connectivity index (χ2n) is 4.57. The standard InChI is InChI=1S/C13H7F5N2O2S2/c1-20(4-7-2-6(3-19)5-23-7)24(21,22)13-11(17)9(15)8(14)10(16)12(13)18/h2,5H,4H2,1H3. The molecule has 1 heterocycles. The van der Waals surface area contributed by atoms with Gasteiger partial charge in [0.1, 0.15) is 6.07 Å². The van der Waals surface area contributed by atoms with Gasteiger partial charge in [0.05, 0.1) is 5.56 Å². The number of hydrogen-bond donors (Lipinski definition) is 0. The van der Waals surface area contributed by atoms with Crippen molar-refractivity contribution in [1.29, 1.82) is 5.26 Å². The number of nitrogens with zero attached hydrogens (tertiary/aromatic N) is 2. The molecular formula is C13H7F5N2O2S2. The predicted octanol–water partition coefficient (Wildman–Crippen LogP) is 3.14. The molecule has 11 heteroatoms. The Kier molecular flexibility index (Phi) is 4.93. The quantitative estimate of drug-likeness (QED) is 0.464. The van der Waals surface area contributed by atoms with E-state index in [1.165, 1.54) is 11.4 Å². The first-order valence-corrected chi connectivity index (χ1v) is 8.38. The van der Waals surface area contributed by atoms with Gasteiger partial charge in [-0.2, -0.15) is 9.57 Å². The lowest BCUT2D eigenvalue weighted by Gasteiger charge is -2.17. The molecule has 24 heavy (non-hydrogen) atoms. The van der Waals surface area contributed by atoms with Crippen LogP contribution in [0.5, 0.6) is 0 Å². The van der Waals surface area contributed by atoms with Crippen LogP contribution in [0.3, 0.4) is 0 Å². The van der Waals surface area contributed by atoms with E-state index in [2.05, 4.69) is 0 Å². The van der Waals surface area contributed by atoms with Gasteiger partial charge in [0.15, 0.2) is 28.2 Å². The van der Waals surface area contributed by atoms with Crippen molar-refractivity contribution in [3.05, 3.63) is 51.0 Å². The van der Waals surface area contributed by atoms with Gasteiger partial charge in [0.2, 0.25) is 15.8 Å². The van der Waals surface area contributed by atoms with Crippen molar-refractivity contribution in [2.24, 2.45) is 0 Å². The van der Waals surface area contributed by atoms with Crippen LogP contribution in [0.4, 0.5) is 22.0 Å². The lowest BCUT2D eigenvalue weighted by atomic mass is 10.3. The first-order valence-electron chi connectivity index (χ1n) is 6.06. The molecule has 4 nitrogen and oxygen atoms in total. The second-order valence-corrected chi connectivity index (χ2v) is 7.55. The fraction of sp³-hybridized carbons (Fsp3) is 0.154. The van der Waals surface area contributed by atoms with Crippen LogP contribution >= 0.6 is 11.3 Å². The number of thiophene rings is 1. The van der Waals surface area contributed by atoms with E-state index < -0.39 is 50.5 Å². The van der Waals surface area contributed by atoms with Crippen LogP contribution < -0.4 is 0 Å². The van der Waals surface area contributed by atoms with Crippen LogP contribution in [0.15, 0.2) is 16.3 Å². The van der Waals surface area contributed by atoms with Gasteiger partial charge in [0.25, 0.3) is 0 Å². The van der Waals surface area contributed by atoms with Crippen LogP contribution in [0.2, 0.25) is 0 Å². The van der Waals surface area contributed by atoms with Crippen LogP contribution in [0, 0.1) is 40.4 Å². The first kappa shape index (κ1) is 18.3. The highest BCUT2D eigenvalue weighted by Gasteiger charge is 2.35. The minimum absolute atomic E-state index is 0.247. The molecule has 0 aliphatic carbocycles. The molecule has 0 N–H and O–H groups in total. The summed E-state index contributed by atoms with van der Waals surface area (Å²) in [5, 5.41) is 10.1. The molecule has 2 rings (SSSR count). The Balaban J connectivity index is 2.49. The Morgan fingerprint density at radius 1 is 1.08 bits per heavy atom. The summed E-state index contributed by atoms with van der Waals surface area (Å²) in [6.07, 6.45) is 0. The lowest BCUT2D eigenvalue weighted by molar-refractivity contribution is 0.353. The lowest BCUT2D eigenvalue weighted by Crippen LogP contribution is -2.29. The summed E-state index contributed by atoms with van der Waals surface area (Å²) >= 11 is 1.01. The van der Waals surface area contributed by atoms with E-state index in [9.17, 15) is 30.4 Å². The summed E-state index contributed by atoms with van der Waals surface area (Å²) in [4.78, 5) is -1.57. The van der Waals surface area contributed by atoms with Crippen molar-refractivity contribution in [1.82, 2.24) is 4.31 Å². The highest BCUT2D eigenvalue weighted by molar-refractivity contribution is 7.89. The summed E-state index contributed by atoms with van der Waals surface area (Å²) < 4.78 is 91.6. The Morgan fingerprint density at radius 2 is 1.58 bits per heavy atom. The maximum Gasteiger partial charge on any atom is 0.249 e. The van der Waals surface area contributed by atoms with Gasteiger partial charge in [-0.05, 0) is 6.07 Å². The molecule has 128 valence electrons. The molecule has 1 aromatic carbocycles. The zero-order chi connectivity index (χ0) is 18.2. The molecule has 0 saturated carbocycles. The molecule has 0 radical (unpaired) electrons. The average molecular weight is 382 g/mol. The number of rotatable bonds is 4. The molecule has 0 fully saturated rings. The van der Waals surface area contributed by atoms with Gasteiger partial charge in [-0.3, -0.25) is 0 Å². The van der Waals surface area contributed by atoms with Crippen molar-refractivity contribution >= 4 is 21.4 Å². The Labute approximate surface area is 137 Å². The van der Waals surface area contributed by atoms with Gasteiger partial charge in [-0.25, -0.2) is 30.4 Å². The zero-order valence-corrected chi connectivity index (χ0v) is 13.4.